The van der Waals surface area contributed by atoms with Gasteiger partial charge in [0.2, 0.25) is 5.91 Å². The van der Waals surface area contributed by atoms with Crippen molar-refractivity contribution in [3.8, 4) is 0 Å². The van der Waals surface area contributed by atoms with E-state index in [-0.39, 0.29) is 30.0 Å². The molecule has 0 aliphatic carbocycles. The van der Waals surface area contributed by atoms with Gasteiger partial charge in [0.15, 0.2) is 0 Å². The van der Waals surface area contributed by atoms with Gasteiger partial charge >= 0.3 is 0 Å². The van der Waals surface area contributed by atoms with E-state index in [1.54, 1.807) is 36.4 Å². The van der Waals surface area contributed by atoms with E-state index in [2.05, 4.69) is 20.3 Å². The Morgan fingerprint density at radius 2 is 1.85 bits per heavy atom. The molecular weight excluding hydrogens is 346 g/mol. The number of aromatic nitrogens is 4. The molecule has 4 aromatic rings. The summed E-state index contributed by atoms with van der Waals surface area (Å²) in [5, 5.41) is 3.64. The lowest BCUT2D eigenvalue weighted by atomic mass is 10.2. The number of fused-ring (bicyclic) bond motifs is 2. The Morgan fingerprint density at radius 1 is 1.04 bits per heavy atom. The normalized spacial score (nSPS) is 11.0. The lowest BCUT2D eigenvalue weighted by Crippen LogP contribution is -2.23. The van der Waals surface area contributed by atoms with Gasteiger partial charge in [-0.25, -0.2) is 9.97 Å². The summed E-state index contributed by atoms with van der Waals surface area (Å²) in [6, 6.07) is 12.0. The van der Waals surface area contributed by atoms with Crippen molar-refractivity contribution in [3.05, 3.63) is 75.8 Å². The van der Waals surface area contributed by atoms with Gasteiger partial charge in [0.25, 0.3) is 11.1 Å². The van der Waals surface area contributed by atoms with E-state index in [1.807, 2.05) is 6.07 Å². The SMILES string of the molecule is O=C(CCn1cnc2ccccc2c1=O)Nc1ccc2nc[nH]c(=O)c2c1. The first-order valence-electron chi connectivity index (χ1n) is 8.33. The van der Waals surface area contributed by atoms with Crippen LogP contribution in [0.25, 0.3) is 21.8 Å². The van der Waals surface area contributed by atoms with Gasteiger partial charge in [-0.2, -0.15) is 0 Å². The summed E-state index contributed by atoms with van der Waals surface area (Å²) in [6.45, 7) is 0.207. The monoisotopic (exact) mass is 361 g/mol. The summed E-state index contributed by atoms with van der Waals surface area (Å²) in [5.74, 6) is -0.269. The van der Waals surface area contributed by atoms with E-state index in [0.29, 0.717) is 27.5 Å². The van der Waals surface area contributed by atoms with Gasteiger partial charge < -0.3 is 10.3 Å². The summed E-state index contributed by atoms with van der Waals surface area (Å²) < 4.78 is 1.41. The molecule has 0 bridgehead atoms. The van der Waals surface area contributed by atoms with Gasteiger partial charge in [-0.1, -0.05) is 12.1 Å². The topological polar surface area (TPSA) is 110 Å². The van der Waals surface area contributed by atoms with E-state index < -0.39 is 0 Å². The second-order valence-electron chi connectivity index (χ2n) is 6.02. The van der Waals surface area contributed by atoms with E-state index in [1.165, 1.54) is 17.2 Å². The van der Waals surface area contributed by atoms with E-state index in [4.69, 9.17) is 0 Å². The van der Waals surface area contributed by atoms with Crippen LogP contribution in [0, 0.1) is 0 Å². The third kappa shape index (κ3) is 3.32. The minimum atomic E-state index is -0.273. The molecule has 2 aromatic carbocycles. The van der Waals surface area contributed by atoms with Gasteiger partial charge in [-0.15, -0.1) is 0 Å². The number of amides is 1. The molecule has 0 spiro atoms. The Bertz CT molecular complexity index is 1280. The first-order chi connectivity index (χ1) is 13.1. The quantitative estimate of drug-likeness (QED) is 0.574. The fourth-order valence-corrected chi connectivity index (χ4v) is 2.86. The number of rotatable bonds is 4. The first kappa shape index (κ1) is 16.6. The highest BCUT2D eigenvalue weighted by atomic mass is 16.2. The van der Waals surface area contributed by atoms with Crippen molar-refractivity contribution in [2.75, 3.05) is 5.32 Å². The van der Waals surface area contributed by atoms with E-state index in [9.17, 15) is 14.4 Å². The zero-order chi connectivity index (χ0) is 18.8. The molecule has 0 saturated heterocycles. The number of anilines is 1. The average Bonchev–Trinajstić information content (AvgIpc) is 2.68. The Kier molecular flexibility index (Phi) is 4.21. The maximum Gasteiger partial charge on any atom is 0.261 e. The fourth-order valence-electron chi connectivity index (χ4n) is 2.86. The van der Waals surface area contributed by atoms with Crippen LogP contribution >= 0.6 is 0 Å². The molecule has 0 unspecified atom stereocenters. The number of hydrogen-bond acceptors (Lipinski definition) is 5. The summed E-state index contributed by atoms with van der Waals surface area (Å²) in [6.07, 6.45) is 2.87. The van der Waals surface area contributed by atoms with Crippen molar-refractivity contribution in [3.63, 3.8) is 0 Å². The number of benzene rings is 2. The van der Waals surface area contributed by atoms with Gasteiger partial charge in [-0.05, 0) is 30.3 Å². The lowest BCUT2D eigenvalue weighted by Gasteiger charge is -2.08. The number of nitrogens with one attached hydrogen (secondary N) is 2. The van der Waals surface area contributed by atoms with Crippen LogP contribution in [0.1, 0.15) is 6.42 Å². The standard InChI is InChI=1S/C19H15N5O3/c25-17(23-12-5-6-16-14(9-12)18(26)21-10-20-16)7-8-24-11-22-15-4-2-1-3-13(15)19(24)27/h1-6,9-11H,7-8H2,(H,23,25)(H,20,21,26). The van der Waals surface area contributed by atoms with Crippen molar-refractivity contribution < 1.29 is 4.79 Å². The van der Waals surface area contributed by atoms with Crippen LogP contribution in [0.3, 0.4) is 0 Å². The highest BCUT2D eigenvalue weighted by molar-refractivity contribution is 5.93. The molecule has 0 aliphatic rings. The van der Waals surface area contributed by atoms with Crippen LogP contribution < -0.4 is 16.4 Å². The van der Waals surface area contributed by atoms with Crippen LogP contribution in [0.5, 0.6) is 0 Å². The number of H-pyrrole nitrogens is 1. The third-order valence-electron chi connectivity index (χ3n) is 4.24. The third-order valence-corrected chi connectivity index (χ3v) is 4.24. The Hall–Kier alpha value is -3.81. The van der Waals surface area contributed by atoms with Crippen molar-refractivity contribution in [1.29, 1.82) is 0 Å². The Labute approximate surface area is 152 Å². The van der Waals surface area contributed by atoms with Crippen LogP contribution in [0.15, 0.2) is 64.7 Å². The smallest absolute Gasteiger partial charge is 0.261 e. The lowest BCUT2D eigenvalue weighted by molar-refractivity contribution is -0.116. The molecular formula is C19H15N5O3. The van der Waals surface area contributed by atoms with Gasteiger partial charge in [-0.3, -0.25) is 19.0 Å². The summed E-state index contributed by atoms with van der Waals surface area (Å²) in [5.41, 5.74) is 1.21. The van der Waals surface area contributed by atoms with Gasteiger partial charge in [0, 0.05) is 18.7 Å². The summed E-state index contributed by atoms with van der Waals surface area (Å²) in [7, 11) is 0. The van der Waals surface area contributed by atoms with Crippen molar-refractivity contribution in [2.45, 2.75) is 13.0 Å². The highest BCUT2D eigenvalue weighted by Gasteiger charge is 2.08. The Morgan fingerprint density at radius 3 is 2.74 bits per heavy atom. The van der Waals surface area contributed by atoms with Gasteiger partial charge in [0.1, 0.15) is 0 Å². The first-order valence-corrected chi connectivity index (χ1v) is 8.33. The molecule has 2 heterocycles. The number of nitrogens with zero attached hydrogens (tertiary/aromatic N) is 3. The largest absolute Gasteiger partial charge is 0.326 e. The van der Waals surface area contributed by atoms with Crippen LogP contribution in [0.4, 0.5) is 5.69 Å². The summed E-state index contributed by atoms with van der Waals surface area (Å²) >= 11 is 0. The number of hydrogen-bond donors (Lipinski definition) is 2. The minimum Gasteiger partial charge on any atom is -0.326 e. The Balaban J connectivity index is 1.49. The molecule has 0 fully saturated rings. The van der Waals surface area contributed by atoms with Crippen LogP contribution in [-0.4, -0.2) is 25.4 Å². The number of aryl methyl sites for hydroxylation is 1. The molecule has 27 heavy (non-hydrogen) atoms. The molecule has 8 heteroatoms. The zero-order valence-electron chi connectivity index (χ0n) is 14.2. The molecule has 0 saturated carbocycles. The molecule has 2 aromatic heterocycles. The molecule has 0 radical (unpaired) electrons. The number of carbonyl (C=O) groups is 1. The predicted molar refractivity (Wildman–Crippen MR) is 102 cm³/mol. The molecule has 8 nitrogen and oxygen atoms in total. The maximum absolute atomic E-state index is 12.4. The second-order valence-corrected chi connectivity index (χ2v) is 6.02. The predicted octanol–water partition coefficient (Wildman–Crippen LogP) is 1.66. The minimum absolute atomic E-state index is 0.0986. The van der Waals surface area contributed by atoms with Crippen molar-refractivity contribution in [2.24, 2.45) is 0 Å². The molecule has 2 N–H and O–H groups in total. The number of aromatic amines is 1. The fraction of sp³-hybridized carbons (Fsp3) is 0.105. The van der Waals surface area contributed by atoms with Crippen molar-refractivity contribution in [1.82, 2.24) is 19.5 Å². The number of para-hydroxylation sites is 1. The average molecular weight is 361 g/mol. The maximum atomic E-state index is 12.4. The molecule has 0 aliphatic heterocycles. The van der Waals surface area contributed by atoms with Crippen LogP contribution in [-0.2, 0) is 11.3 Å². The zero-order valence-corrected chi connectivity index (χ0v) is 14.2. The second kappa shape index (κ2) is 6.83. The molecule has 134 valence electrons. The van der Waals surface area contributed by atoms with Crippen LogP contribution in [0.2, 0.25) is 0 Å². The molecule has 4 rings (SSSR count). The number of carbonyl (C=O) groups excluding carboxylic acids is 1. The van der Waals surface area contributed by atoms with E-state index >= 15 is 0 Å². The summed E-state index contributed by atoms with van der Waals surface area (Å²) in [4.78, 5) is 47.3. The highest BCUT2D eigenvalue weighted by Crippen LogP contribution is 2.14. The molecule has 1 amide bonds. The molecule has 0 atom stereocenters. The van der Waals surface area contributed by atoms with Crippen molar-refractivity contribution >= 4 is 33.4 Å². The van der Waals surface area contributed by atoms with E-state index in [0.717, 1.165) is 0 Å². The van der Waals surface area contributed by atoms with Gasteiger partial charge in [0.05, 0.1) is 34.5 Å².